The molecule has 0 atom stereocenters. The van der Waals surface area contributed by atoms with Gasteiger partial charge in [-0.3, -0.25) is 0 Å². The fourth-order valence-corrected chi connectivity index (χ4v) is 2.20. The third-order valence-electron chi connectivity index (χ3n) is 2.84. The minimum Gasteiger partial charge on any atom is -0.493 e. The maximum atomic E-state index is 5.97. The van der Waals surface area contributed by atoms with Gasteiger partial charge in [0, 0.05) is 17.6 Å². The number of benzene rings is 1. The van der Waals surface area contributed by atoms with Crippen molar-refractivity contribution in [3.05, 3.63) is 59.0 Å². The van der Waals surface area contributed by atoms with Crippen LogP contribution in [0.15, 0.2) is 42.6 Å². The van der Waals surface area contributed by atoms with Gasteiger partial charge in [-0.05, 0) is 29.8 Å². The molecule has 0 amide bonds. The smallest absolute Gasteiger partial charge is 0.198 e. The number of nitrogens with zero attached hydrogens (tertiary/aromatic N) is 3. The lowest BCUT2D eigenvalue weighted by atomic mass is 10.1. The van der Waals surface area contributed by atoms with Crippen molar-refractivity contribution in [2.45, 2.75) is 6.42 Å². The standard InChI is InChI=1S/C14H12ClN3O/c1-19-12-6-3-7-18-14(12)16-13(17-18)9-10-4-2-5-11(15)8-10/h2-8H,9H2,1H3. The first kappa shape index (κ1) is 12.0. The van der Waals surface area contributed by atoms with E-state index in [1.54, 1.807) is 11.6 Å². The van der Waals surface area contributed by atoms with Crippen LogP contribution in [0.4, 0.5) is 0 Å². The molecule has 0 saturated heterocycles. The van der Waals surface area contributed by atoms with E-state index in [2.05, 4.69) is 10.1 Å². The van der Waals surface area contributed by atoms with Crippen molar-refractivity contribution < 1.29 is 4.74 Å². The quantitative estimate of drug-likeness (QED) is 0.736. The molecular weight excluding hydrogens is 262 g/mol. The highest BCUT2D eigenvalue weighted by Gasteiger charge is 2.08. The number of ether oxygens (including phenoxy) is 1. The fraction of sp³-hybridized carbons (Fsp3) is 0.143. The van der Waals surface area contributed by atoms with Gasteiger partial charge in [-0.1, -0.05) is 23.7 Å². The number of halogens is 1. The van der Waals surface area contributed by atoms with Gasteiger partial charge in [-0.25, -0.2) is 9.50 Å². The van der Waals surface area contributed by atoms with Gasteiger partial charge in [0.2, 0.25) is 0 Å². The van der Waals surface area contributed by atoms with E-state index in [4.69, 9.17) is 16.3 Å². The van der Waals surface area contributed by atoms with Crippen molar-refractivity contribution in [3.8, 4) is 5.75 Å². The van der Waals surface area contributed by atoms with Crippen molar-refractivity contribution in [2.24, 2.45) is 0 Å². The first-order valence-corrected chi connectivity index (χ1v) is 6.27. The Hall–Kier alpha value is -2.07. The second kappa shape index (κ2) is 4.90. The molecule has 4 nitrogen and oxygen atoms in total. The number of hydrogen-bond donors (Lipinski definition) is 0. The molecule has 3 aromatic rings. The van der Waals surface area contributed by atoms with E-state index in [9.17, 15) is 0 Å². The maximum absolute atomic E-state index is 5.97. The van der Waals surface area contributed by atoms with E-state index in [0.717, 1.165) is 22.1 Å². The van der Waals surface area contributed by atoms with E-state index in [1.165, 1.54) is 0 Å². The predicted octanol–water partition coefficient (Wildman–Crippen LogP) is 2.98. The number of rotatable bonds is 3. The van der Waals surface area contributed by atoms with Crippen LogP contribution in [0.2, 0.25) is 5.02 Å². The Morgan fingerprint density at radius 1 is 1.26 bits per heavy atom. The first-order chi connectivity index (χ1) is 9.26. The Kier molecular flexibility index (Phi) is 3.09. The van der Waals surface area contributed by atoms with Crippen LogP contribution in [0.25, 0.3) is 5.65 Å². The lowest BCUT2D eigenvalue weighted by Crippen LogP contribution is -1.92. The molecule has 19 heavy (non-hydrogen) atoms. The second-order valence-electron chi connectivity index (χ2n) is 4.18. The molecule has 1 aromatic carbocycles. The van der Waals surface area contributed by atoms with Crippen LogP contribution in [0.1, 0.15) is 11.4 Å². The molecule has 0 aliphatic rings. The minimum absolute atomic E-state index is 0.644. The zero-order chi connectivity index (χ0) is 13.2. The Morgan fingerprint density at radius 3 is 2.95 bits per heavy atom. The zero-order valence-corrected chi connectivity index (χ0v) is 11.1. The molecular formula is C14H12ClN3O. The SMILES string of the molecule is COc1cccn2nc(Cc3cccc(Cl)c3)nc12. The lowest BCUT2D eigenvalue weighted by molar-refractivity contribution is 0.416. The summed E-state index contributed by atoms with van der Waals surface area (Å²) >= 11 is 5.97. The largest absolute Gasteiger partial charge is 0.493 e. The summed E-state index contributed by atoms with van der Waals surface area (Å²) < 4.78 is 6.99. The highest BCUT2D eigenvalue weighted by molar-refractivity contribution is 6.30. The van der Waals surface area contributed by atoms with Gasteiger partial charge < -0.3 is 4.74 Å². The molecule has 0 aliphatic carbocycles. The van der Waals surface area contributed by atoms with Gasteiger partial charge in [-0.2, -0.15) is 5.10 Å². The van der Waals surface area contributed by atoms with Crippen molar-refractivity contribution in [1.82, 2.24) is 14.6 Å². The van der Waals surface area contributed by atoms with Crippen molar-refractivity contribution in [3.63, 3.8) is 0 Å². The molecule has 5 heteroatoms. The van der Waals surface area contributed by atoms with Gasteiger partial charge in [-0.15, -0.1) is 0 Å². The molecule has 0 aliphatic heterocycles. The van der Waals surface area contributed by atoms with Crippen molar-refractivity contribution >= 4 is 17.2 Å². The van der Waals surface area contributed by atoms with Gasteiger partial charge in [0.05, 0.1) is 7.11 Å². The molecule has 0 unspecified atom stereocenters. The molecule has 3 rings (SSSR count). The molecule has 0 saturated carbocycles. The van der Waals surface area contributed by atoms with Gasteiger partial charge in [0.1, 0.15) is 0 Å². The summed E-state index contributed by atoms with van der Waals surface area (Å²) in [6.07, 6.45) is 2.50. The lowest BCUT2D eigenvalue weighted by Gasteiger charge is -1.98. The molecule has 2 aromatic heterocycles. The second-order valence-corrected chi connectivity index (χ2v) is 4.62. The monoisotopic (exact) mass is 273 g/mol. The third-order valence-corrected chi connectivity index (χ3v) is 3.08. The highest BCUT2D eigenvalue weighted by Crippen LogP contribution is 2.18. The van der Waals surface area contributed by atoms with E-state index in [0.29, 0.717) is 12.2 Å². The molecule has 2 heterocycles. The average Bonchev–Trinajstić information content (AvgIpc) is 2.80. The Labute approximate surface area is 115 Å². The Balaban J connectivity index is 1.98. The van der Waals surface area contributed by atoms with E-state index < -0.39 is 0 Å². The molecule has 96 valence electrons. The van der Waals surface area contributed by atoms with Crippen molar-refractivity contribution in [2.75, 3.05) is 7.11 Å². The van der Waals surface area contributed by atoms with Crippen LogP contribution in [-0.4, -0.2) is 21.7 Å². The predicted molar refractivity (Wildman–Crippen MR) is 73.8 cm³/mol. The van der Waals surface area contributed by atoms with E-state index >= 15 is 0 Å². The zero-order valence-electron chi connectivity index (χ0n) is 10.4. The van der Waals surface area contributed by atoms with Crippen LogP contribution in [0.3, 0.4) is 0 Å². The normalized spacial score (nSPS) is 10.8. The Bertz CT molecular complexity index is 724. The van der Waals surface area contributed by atoms with Gasteiger partial charge in [0.25, 0.3) is 0 Å². The molecule has 0 radical (unpaired) electrons. The van der Waals surface area contributed by atoms with Crippen LogP contribution in [-0.2, 0) is 6.42 Å². The topological polar surface area (TPSA) is 39.4 Å². The maximum Gasteiger partial charge on any atom is 0.198 e. The first-order valence-electron chi connectivity index (χ1n) is 5.89. The number of pyridine rings is 1. The number of hydrogen-bond acceptors (Lipinski definition) is 3. The van der Waals surface area contributed by atoms with E-state index in [-0.39, 0.29) is 0 Å². The van der Waals surface area contributed by atoms with Crippen molar-refractivity contribution in [1.29, 1.82) is 0 Å². The minimum atomic E-state index is 0.644. The summed E-state index contributed by atoms with van der Waals surface area (Å²) in [6, 6.07) is 11.5. The summed E-state index contributed by atoms with van der Waals surface area (Å²) in [5.41, 5.74) is 1.81. The molecule has 0 fully saturated rings. The molecule has 0 bridgehead atoms. The van der Waals surface area contributed by atoms with E-state index in [1.807, 2.05) is 42.6 Å². The summed E-state index contributed by atoms with van der Waals surface area (Å²) in [5.74, 6) is 1.46. The van der Waals surface area contributed by atoms with Crippen LogP contribution in [0.5, 0.6) is 5.75 Å². The highest BCUT2D eigenvalue weighted by atomic mass is 35.5. The third kappa shape index (κ3) is 2.39. The summed E-state index contributed by atoms with van der Waals surface area (Å²) in [5, 5.41) is 5.15. The number of methoxy groups -OCH3 is 1. The molecule has 0 spiro atoms. The summed E-state index contributed by atoms with van der Waals surface area (Å²) in [6.45, 7) is 0. The van der Waals surface area contributed by atoms with Gasteiger partial charge in [0.15, 0.2) is 17.2 Å². The number of fused-ring (bicyclic) bond motifs is 1. The van der Waals surface area contributed by atoms with Crippen LogP contribution in [0, 0.1) is 0 Å². The fourth-order valence-electron chi connectivity index (χ4n) is 1.99. The average molecular weight is 274 g/mol. The van der Waals surface area contributed by atoms with Crippen LogP contribution >= 0.6 is 11.6 Å². The Morgan fingerprint density at radius 2 is 2.16 bits per heavy atom. The number of aromatic nitrogens is 3. The van der Waals surface area contributed by atoms with Crippen LogP contribution < -0.4 is 4.74 Å². The summed E-state index contributed by atoms with van der Waals surface area (Å²) in [4.78, 5) is 4.49. The van der Waals surface area contributed by atoms with Gasteiger partial charge >= 0.3 is 0 Å². The summed E-state index contributed by atoms with van der Waals surface area (Å²) in [7, 11) is 1.63. The molecule has 0 N–H and O–H groups in total.